The van der Waals surface area contributed by atoms with Gasteiger partial charge in [0.15, 0.2) is 5.76 Å². The number of hydrogen-bond donors (Lipinski definition) is 0. The quantitative estimate of drug-likeness (QED) is 0.739. The third kappa shape index (κ3) is 1.73. The average Bonchev–Trinajstić information content (AvgIpc) is 2.51. The summed E-state index contributed by atoms with van der Waals surface area (Å²) in [5, 5.41) is 0.209. The van der Waals surface area contributed by atoms with Gasteiger partial charge >= 0.3 is 0 Å². The molecule has 66 valence electrons. The van der Waals surface area contributed by atoms with Crippen LogP contribution >= 0.6 is 27.5 Å². The number of hydrogen-bond acceptors (Lipinski definition) is 3. The minimum atomic E-state index is 0.209. The van der Waals surface area contributed by atoms with E-state index < -0.39 is 0 Å². The number of aromatic nitrogens is 2. The van der Waals surface area contributed by atoms with Gasteiger partial charge in [0.1, 0.15) is 5.69 Å². The molecular formula is C8H4BrClN2O. The van der Waals surface area contributed by atoms with Crippen LogP contribution in [0.3, 0.4) is 0 Å². The van der Waals surface area contributed by atoms with Gasteiger partial charge in [0.2, 0.25) is 5.28 Å². The van der Waals surface area contributed by atoms with E-state index in [1.165, 1.54) is 0 Å². The lowest BCUT2D eigenvalue weighted by Crippen LogP contribution is -1.84. The number of nitrogens with zero attached hydrogens (tertiary/aromatic N) is 2. The fourth-order valence-corrected chi connectivity index (χ4v) is 1.49. The molecule has 13 heavy (non-hydrogen) atoms. The molecule has 0 atom stereocenters. The predicted octanol–water partition coefficient (Wildman–Crippen LogP) is 3.15. The molecule has 0 fully saturated rings. The molecule has 0 unspecified atom stereocenters. The predicted molar refractivity (Wildman–Crippen MR) is 52.4 cm³/mol. The van der Waals surface area contributed by atoms with Crippen LogP contribution in [0, 0.1) is 0 Å². The van der Waals surface area contributed by atoms with Crippen LogP contribution in [0.2, 0.25) is 5.28 Å². The lowest BCUT2D eigenvalue weighted by molar-refractivity contribution is 0.578. The summed E-state index contributed by atoms with van der Waals surface area (Å²) < 4.78 is 6.06. The highest BCUT2D eigenvalue weighted by Gasteiger charge is 2.08. The van der Waals surface area contributed by atoms with Gasteiger partial charge in [-0.3, -0.25) is 0 Å². The van der Waals surface area contributed by atoms with Crippen molar-refractivity contribution in [3.05, 3.63) is 34.3 Å². The van der Waals surface area contributed by atoms with E-state index in [0.717, 1.165) is 4.47 Å². The highest BCUT2D eigenvalue weighted by molar-refractivity contribution is 9.10. The fourth-order valence-electron chi connectivity index (χ4n) is 0.938. The van der Waals surface area contributed by atoms with E-state index in [4.69, 9.17) is 16.0 Å². The Bertz CT molecular complexity index is 430. The van der Waals surface area contributed by atoms with Crippen LogP contribution in [0.15, 0.2) is 33.5 Å². The largest absolute Gasteiger partial charge is 0.461 e. The maximum absolute atomic E-state index is 5.63. The Labute approximate surface area is 87.9 Å². The van der Waals surface area contributed by atoms with Crippen LogP contribution in [0.1, 0.15) is 0 Å². The maximum atomic E-state index is 5.63. The van der Waals surface area contributed by atoms with Gasteiger partial charge in [-0.25, -0.2) is 9.97 Å². The van der Waals surface area contributed by atoms with E-state index in [0.29, 0.717) is 11.5 Å². The van der Waals surface area contributed by atoms with Gasteiger partial charge in [-0.2, -0.15) is 0 Å². The first-order valence-electron chi connectivity index (χ1n) is 3.49. The molecule has 0 aliphatic heterocycles. The van der Waals surface area contributed by atoms with Gasteiger partial charge < -0.3 is 4.42 Å². The smallest absolute Gasteiger partial charge is 0.222 e. The monoisotopic (exact) mass is 258 g/mol. The van der Waals surface area contributed by atoms with Crippen molar-refractivity contribution in [2.45, 2.75) is 0 Å². The molecule has 5 heteroatoms. The summed E-state index contributed by atoms with van der Waals surface area (Å²) in [5.41, 5.74) is 0.664. The van der Waals surface area contributed by atoms with E-state index >= 15 is 0 Å². The zero-order chi connectivity index (χ0) is 9.26. The van der Waals surface area contributed by atoms with Crippen LogP contribution < -0.4 is 0 Å². The highest BCUT2D eigenvalue weighted by atomic mass is 79.9. The molecule has 0 aliphatic rings. The second-order valence-corrected chi connectivity index (χ2v) is 3.50. The van der Waals surface area contributed by atoms with Gasteiger partial charge in [-0.1, -0.05) is 0 Å². The molecule has 2 aromatic rings. The van der Waals surface area contributed by atoms with Crippen molar-refractivity contribution < 1.29 is 4.42 Å². The highest BCUT2D eigenvalue weighted by Crippen LogP contribution is 2.27. The topological polar surface area (TPSA) is 38.9 Å². The van der Waals surface area contributed by atoms with Crippen molar-refractivity contribution in [1.82, 2.24) is 9.97 Å². The summed E-state index contributed by atoms with van der Waals surface area (Å²) in [6, 6.07) is 3.53. The van der Waals surface area contributed by atoms with E-state index in [2.05, 4.69) is 25.9 Å². The van der Waals surface area contributed by atoms with Crippen molar-refractivity contribution in [2.75, 3.05) is 0 Å². The SMILES string of the molecule is Clc1nccc(-c2occc2Br)n1. The molecule has 0 N–H and O–H groups in total. The van der Waals surface area contributed by atoms with Gasteiger partial charge in [-0.15, -0.1) is 0 Å². The standard InChI is InChI=1S/C8H4BrClN2O/c9-5-2-4-13-7(5)6-1-3-11-8(10)12-6/h1-4H. The Morgan fingerprint density at radius 3 is 2.85 bits per heavy atom. The van der Waals surface area contributed by atoms with E-state index in [1.807, 2.05) is 0 Å². The minimum absolute atomic E-state index is 0.209. The van der Waals surface area contributed by atoms with Gasteiger partial charge in [-0.05, 0) is 39.7 Å². The van der Waals surface area contributed by atoms with Crippen LogP contribution in [0.4, 0.5) is 0 Å². The Balaban J connectivity index is 2.53. The van der Waals surface area contributed by atoms with Crippen molar-refractivity contribution >= 4 is 27.5 Å². The Hall–Kier alpha value is -0.870. The number of furan rings is 1. The van der Waals surface area contributed by atoms with Gasteiger partial charge in [0.05, 0.1) is 10.7 Å². The first kappa shape index (κ1) is 8.72. The molecule has 3 nitrogen and oxygen atoms in total. The fraction of sp³-hybridized carbons (Fsp3) is 0. The Morgan fingerprint density at radius 2 is 2.23 bits per heavy atom. The Morgan fingerprint density at radius 1 is 1.38 bits per heavy atom. The summed E-state index contributed by atoms with van der Waals surface area (Å²) in [5.74, 6) is 0.657. The first-order valence-corrected chi connectivity index (χ1v) is 4.66. The van der Waals surface area contributed by atoms with E-state index in [1.54, 1.807) is 24.6 Å². The molecule has 0 aromatic carbocycles. The van der Waals surface area contributed by atoms with Crippen molar-refractivity contribution in [3.63, 3.8) is 0 Å². The zero-order valence-electron chi connectivity index (χ0n) is 6.37. The molecular weight excluding hydrogens is 255 g/mol. The molecule has 0 aliphatic carbocycles. The molecule has 2 heterocycles. The van der Waals surface area contributed by atoms with Crippen molar-refractivity contribution in [3.8, 4) is 11.5 Å². The van der Waals surface area contributed by atoms with Gasteiger partial charge in [0, 0.05) is 6.20 Å². The second kappa shape index (κ2) is 3.47. The summed E-state index contributed by atoms with van der Waals surface area (Å²) in [7, 11) is 0. The number of halogens is 2. The molecule has 0 bridgehead atoms. The van der Waals surface area contributed by atoms with Gasteiger partial charge in [0.25, 0.3) is 0 Å². The van der Waals surface area contributed by atoms with E-state index in [9.17, 15) is 0 Å². The Kier molecular flexibility index (Phi) is 2.33. The lowest BCUT2D eigenvalue weighted by atomic mass is 10.3. The molecule has 0 amide bonds. The zero-order valence-corrected chi connectivity index (χ0v) is 8.71. The van der Waals surface area contributed by atoms with Crippen LogP contribution in [0.25, 0.3) is 11.5 Å². The molecule has 2 rings (SSSR count). The minimum Gasteiger partial charge on any atom is -0.461 e. The number of rotatable bonds is 1. The summed E-state index contributed by atoms with van der Waals surface area (Å²) in [4.78, 5) is 7.78. The van der Waals surface area contributed by atoms with Crippen molar-refractivity contribution in [1.29, 1.82) is 0 Å². The van der Waals surface area contributed by atoms with E-state index in [-0.39, 0.29) is 5.28 Å². The van der Waals surface area contributed by atoms with Crippen LogP contribution in [0.5, 0.6) is 0 Å². The second-order valence-electron chi connectivity index (χ2n) is 2.31. The summed E-state index contributed by atoms with van der Waals surface area (Å²) in [6.45, 7) is 0. The van der Waals surface area contributed by atoms with Crippen LogP contribution in [-0.4, -0.2) is 9.97 Å². The van der Waals surface area contributed by atoms with Crippen molar-refractivity contribution in [2.24, 2.45) is 0 Å². The molecule has 0 saturated heterocycles. The third-order valence-electron chi connectivity index (χ3n) is 1.48. The lowest BCUT2D eigenvalue weighted by Gasteiger charge is -1.96. The molecule has 0 radical (unpaired) electrons. The third-order valence-corrected chi connectivity index (χ3v) is 2.28. The molecule has 2 aromatic heterocycles. The summed E-state index contributed by atoms with van der Waals surface area (Å²) >= 11 is 8.97. The average molecular weight is 259 g/mol. The summed E-state index contributed by atoms with van der Waals surface area (Å²) in [6.07, 6.45) is 3.16. The normalized spacial score (nSPS) is 10.3. The van der Waals surface area contributed by atoms with Crippen LogP contribution in [-0.2, 0) is 0 Å². The molecule has 0 saturated carbocycles. The maximum Gasteiger partial charge on any atom is 0.222 e. The first-order chi connectivity index (χ1) is 6.27. The molecule has 0 spiro atoms.